The van der Waals surface area contributed by atoms with Crippen molar-refractivity contribution in [2.24, 2.45) is 0 Å². The van der Waals surface area contributed by atoms with Gasteiger partial charge in [0, 0.05) is 5.41 Å². The predicted molar refractivity (Wildman–Crippen MR) is 62.2 cm³/mol. The Hall–Kier alpha value is -0.900. The number of piperidine rings is 1. The molecule has 0 radical (unpaired) electrons. The summed E-state index contributed by atoms with van der Waals surface area (Å²) >= 11 is 0. The van der Waals surface area contributed by atoms with Crippen LogP contribution in [0.5, 0.6) is 0 Å². The number of hydrogen-bond donors (Lipinski definition) is 1. The van der Waals surface area contributed by atoms with Gasteiger partial charge in [0.25, 0.3) is 0 Å². The van der Waals surface area contributed by atoms with E-state index in [0.29, 0.717) is 0 Å². The second kappa shape index (κ2) is 3.84. The molecule has 90 valence electrons. The summed E-state index contributed by atoms with van der Waals surface area (Å²) in [6, 6.07) is 0. The Bertz CT molecular complexity index is 359. The molecule has 2 rings (SSSR count). The largest absolute Gasteiger partial charge is 0.337 e. The first-order valence-electron chi connectivity index (χ1n) is 6.01. The molecule has 0 aromatic carbocycles. The van der Waals surface area contributed by atoms with Crippen LogP contribution in [0, 0.1) is 0 Å². The van der Waals surface area contributed by atoms with Crippen LogP contribution in [-0.2, 0) is 11.0 Å². The minimum absolute atomic E-state index is 0.0488. The molecular formula is C12H21N3O. The summed E-state index contributed by atoms with van der Waals surface area (Å²) in [4.78, 5) is 4.54. The van der Waals surface area contributed by atoms with Gasteiger partial charge < -0.3 is 9.84 Å². The molecule has 1 aliphatic heterocycles. The normalized spacial score (nSPS) is 27.0. The quantitative estimate of drug-likeness (QED) is 0.794. The summed E-state index contributed by atoms with van der Waals surface area (Å²) in [5.41, 5.74) is -0.179. The number of hydrogen-bond acceptors (Lipinski definition) is 4. The zero-order valence-corrected chi connectivity index (χ0v) is 10.6. The Labute approximate surface area is 96.8 Å². The van der Waals surface area contributed by atoms with Crippen LogP contribution in [0.25, 0.3) is 0 Å². The molecule has 1 fully saturated rings. The summed E-state index contributed by atoms with van der Waals surface area (Å²) in [5, 5.41) is 7.56. The van der Waals surface area contributed by atoms with E-state index in [2.05, 4.69) is 43.2 Å². The summed E-state index contributed by atoms with van der Waals surface area (Å²) in [6.07, 6.45) is 3.52. The lowest BCUT2D eigenvalue weighted by Gasteiger charge is -2.31. The number of aromatic nitrogens is 2. The van der Waals surface area contributed by atoms with Crippen molar-refractivity contribution >= 4 is 0 Å². The first-order valence-corrected chi connectivity index (χ1v) is 6.01. The fraction of sp³-hybridized carbons (Fsp3) is 0.833. The van der Waals surface area contributed by atoms with E-state index in [-0.39, 0.29) is 11.0 Å². The smallest absolute Gasteiger partial charge is 0.246 e. The Morgan fingerprint density at radius 1 is 1.31 bits per heavy atom. The molecule has 2 heterocycles. The highest BCUT2D eigenvalue weighted by molar-refractivity contribution is 5.07. The maximum absolute atomic E-state index is 5.41. The minimum atomic E-state index is -0.130. The van der Waals surface area contributed by atoms with Gasteiger partial charge in [-0.25, -0.2) is 0 Å². The number of nitrogens with one attached hydrogen (secondary N) is 1. The molecule has 1 aromatic heterocycles. The van der Waals surface area contributed by atoms with Crippen molar-refractivity contribution in [3.8, 4) is 0 Å². The van der Waals surface area contributed by atoms with E-state index in [4.69, 9.17) is 4.52 Å². The Morgan fingerprint density at radius 2 is 2.06 bits per heavy atom. The molecule has 1 atom stereocenters. The third-order valence-corrected chi connectivity index (χ3v) is 3.19. The van der Waals surface area contributed by atoms with Crippen LogP contribution in [0.4, 0.5) is 0 Å². The fourth-order valence-corrected chi connectivity index (χ4v) is 1.99. The van der Waals surface area contributed by atoms with Crippen molar-refractivity contribution in [2.45, 2.75) is 57.9 Å². The van der Waals surface area contributed by atoms with Crippen molar-refractivity contribution < 1.29 is 4.52 Å². The van der Waals surface area contributed by atoms with Gasteiger partial charge in [-0.3, -0.25) is 0 Å². The van der Waals surface area contributed by atoms with E-state index in [1.807, 2.05) is 0 Å². The Morgan fingerprint density at radius 3 is 2.56 bits per heavy atom. The van der Waals surface area contributed by atoms with Gasteiger partial charge in [-0.15, -0.1) is 0 Å². The zero-order chi connectivity index (χ0) is 11.8. The molecule has 4 heteroatoms. The van der Waals surface area contributed by atoms with Crippen molar-refractivity contribution in [1.29, 1.82) is 0 Å². The van der Waals surface area contributed by atoms with Crippen molar-refractivity contribution in [1.82, 2.24) is 15.5 Å². The minimum Gasteiger partial charge on any atom is -0.337 e. The van der Waals surface area contributed by atoms with Gasteiger partial charge in [-0.2, -0.15) is 4.98 Å². The lowest BCUT2D eigenvalue weighted by atomic mass is 9.90. The molecule has 1 saturated heterocycles. The van der Waals surface area contributed by atoms with Crippen LogP contribution in [-0.4, -0.2) is 16.7 Å². The van der Waals surface area contributed by atoms with Crippen molar-refractivity contribution in [3.05, 3.63) is 11.7 Å². The van der Waals surface area contributed by atoms with Crippen LogP contribution >= 0.6 is 0 Å². The zero-order valence-electron chi connectivity index (χ0n) is 10.6. The third-order valence-electron chi connectivity index (χ3n) is 3.19. The first-order chi connectivity index (χ1) is 7.42. The van der Waals surface area contributed by atoms with Gasteiger partial charge in [0.1, 0.15) is 0 Å². The molecule has 1 aliphatic rings. The third kappa shape index (κ3) is 2.12. The molecule has 1 aromatic rings. The standard InChI is InChI=1S/C12H21N3O/c1-11(2,3)9-14-10(16-15-9)12(4)7-5-6-8-13-12/h13H,5-8H2,1-4H3. The number of nitrogens with zero attached hydrogens (tertiary/aromatic N) is 2. The molecule has 16 heavy (non-hydrogen) atoms. The summed E-state index contributed by atoms with van der Waals surface area (Å²) in [6.45, 7) is 9.46. The molecule has 1 unspecified atom stereocenters. The maximum Gasteiger partial charge on any atom is 0.246 e. The van der Waals surface area contributed by atoms with E-state index in [1.54, 1.807) is 0 Å². The monoisotopic (exact) mass is 223 g/mol. The Balaban J connectivity index is 2.24. The van der Waals surface area contributed by atoms with Gasteiger partial charge in [0.2, 0.25) is 5.89 Å². The number of rotatable bonds is 1. The summed E-state index contributed by atoms with van der Waals surface area (Å²) < 4.78 is 5.41. The van der Waals surface area contributed by atoms with E-state index < -0.39 is 0 Å². The van der Waals surface area contributed by atoms with E-state index in [9.17, 15) is 0 Å². The van der Waals surface area contributed by atoms with Crippen molar-refractivity contribution in [2.75, 3.05) is 6.54 Å². The second-order valence-corrected chi connectivity index (χ2v) is 5.89. The fourth-order valence-electron chi connectivity index (χ4n) is 1.99. The average Bonchev–Trinajstić information content (AvgIpc) is 2.67. The van der Waals surface area contributed by atoms with Crippen LogP contribution in [0.15, 0.2) is 4.52 Å². The lowest BCUT2D eigenvalue weighted by Crippen LogP contribution is -2.43. The SMILES string of the molecule is CC(C)(C)c1noc(C2(C)CCCCN2)n1. The molecule has 1 N–H and O–H groups in total. The highest BCUT2D eigenvalue weighted by atomic mass is 16.5. The van der Waals surface area contributed by atoms with Gasteiger partial charge in [-0.05, 0) is 32.7 Å². The van der Waals surface area contributed by atoms with Crippen molar-refractivity contribution in [3.63, 3.8) is 0 Å². The lowest BCUT2D eigenvalue weighted by molar-refractivity contribution is 0.206. The van der Waals surface area contributed by atoms with Crippen LogP contribution in [0.3, 0.4) is 0 Å². The van der Waals surface area contributed by atoms with Gasteiger partial charge in [-0.1, -0.05) is 25.9 Å². The first kappa shape index (κ1) is 11.6. The molecular weight excluding hydrogens is 202 g/mol. The summed E-state index contributed by atoms with van der Waals surface area (Å²) in [7, 11) is 0. The molecule has 0 amide bonds. The van der Waals surface area contributed by atoms with E-state index in [0.717, 1.165) is 24.7 Å². The molecule has 0 saturated carbocycles. The van der Waals surface area contributed by atoms with E-state index in [1.165, 1.54) is 12.8 Å². The molecule has 4 nitrogen and oxygen atoms in total. The Kier molecular flexibility index (Phi) is 2.78. The molecule has 0 aliphatic carbocycles. The van der Waals surface area contributed by atoms with Crippen LogP contribution in [0.2, 0.25) is 0 Å². The van der Waals surface area contributed by atoms with Crippen LogP contribution in [0.1, 0.15) is 58.7 Å². The topological polar surface area (TPSA) is 51.0 Å². The molecule has 0 bridgehead atoms. The van der Waals surface area contributed by atoms with Gasteiger partial charge >= 0.3 is 0 Å². The highest BCUT2D eigenvalue weighted by Crippen LogP contribution is 2.30. The highest BCUT2D eigenvalue weighted by Gasteiger charge is 2.35. The van der Waals surface area contributed by atoms with Crippen LogP contribution < -0.4 is 5.32 Å². The van der Waals surface area contributed by atoms with Gasteiger partial charge in [0.15, 0.2) is 5.82 Å². The van der Waals surface area contributed by atoms with Gasteiger partial charge in [0.05, 0.1) is 5.54 Å². The predicted octanol–water partition coefficient (Wildman–Crippen LogP) is 2.36. The second-order valence-electron chi connectivity index (χ2n) is 5.89. The average molecular weight is 223 g/mol. The molecule has 0 spiro atoms. The maximum atomic E-state index is 5.41. The van der Waals surface area contributed by atoms with E-state index >= 15 is 0 Å². The summed E-state index contributed by atoms with van der Waals surface area (Å²) in [5.74, 6) is 1.52.